The van der Waals surface area contributed by atoms with Crippen LogP contribution in [0.4, 0.5) is 0 Å². The third kappa shape index (κ3) is 6.24. The van der Waals surface area contributed by atoms with E-state index in [0.717, 1.165) is 26.1 Å². The molecule has 1 unspecified atom stereocenters. The second-order valence-corrected chi connectivity index (χ2v) is 7.72. The zero-order chi connectivity index (χ0) is 14.4. The highest BCUT2D eigenvalue weighted by Gasteiger charge is 2.23. The van der Waals surface area contributed by atoms with Gasteiger partial charge in [0.25, 0.3) is 0 Å². The molecule has 1 aromatic rings. The summed E-state index contributed by atoms with van der Waals surface area (Å²) in [6, 6.07) is 4.72. The first kappa shape index (κ1) is 18.9. The van der Waals surface area contributed by atoms with E-state index >= 15 is 0 Å². The van der Waals surface area contributed by atoms with Crippen molar-refractivity contribution in [3.63, 3.8) is 0 Å². The van der Waals surface area contributed by atoms with Crippen LogP contribution in [0.1, 0.15) is 30.6 Å². The van der Waals surface area contributed by atoms with Crippen molar-refractivity contribution < 1.29 is 4.79 Å². The molecule has 2 rings (SSSR count). The van der Waals surface area contributed by atoms with Crippen LogP contribution in [0, 0.1) is 0 Å². The Bertz CT molecular complexity index is 444. The molecule has 1 atom stereocenters. The number of carbonyl (C=O) groups is 1. The Morgan fingerprint density at radius 1 is 1.48 bits per heavy atom. The van der Waals surface area contributed by atoms with E-state index in [1.807, 2.05) is 0 Å². The minimum atomic E-state index is 0. The van der Waals surface area contributed by atoms with Crippen LogP contribution in [0.25, 0.3) is 0 Å². The third-order valence-electron chi connectivity index (χ3n) is 3.64. The van der Waals surface area contributed by atoms with Crippen molar-refractivity contribution in [1.29, 1.82) is 0 Å². The number of rotatable bonds is 6. The van der Waals surface area contributed by atoms with Crippen molar-refractivity contribution in [3.05, 3.63) is 20.8 Å². The van der Waals surface area contributed by atoms with Crippen molar-refractivity contribution in [2.24, 2.45) is 5.73 Å². The van der Waals surface area contributed by atoms with E-state index in [4.69, 9.17) is 5.73 Å². The summed E-state index contributed by atoms with van der Waals surface area (Å²) in [5.41, 5.74) is 5.40. The summed E-state index contributed by atoms with van der Waals surface area (Å²) in [6.07, 6.45) is 4.09. The van der Waals surface area contributed by atoms with E-state index in [1.54, 1.807) is 11.3 Å². The fraction of sp³-hybridized carbons (Fsp3) is 0.643. The van der Waals surface area contributed by atoms with Gasteiger partial charge in [-0.1, -0.05) is 6.42 Å². The van der Waals surface area contributed by atoms with Crippen molar-refractivity contribution in [3.8, 4) is 0 Å². The highest BCUT2D eigenvalue weighted by Crippen LogP contribution is 2.26. The van der Waals surface area contributed by atoms with Crippen LogP contribution in [0.5, 0.6) is 0 Å². The average Bonchev–Trinajstić information content (AvgIpc) is 2.83. The molecule has 3 N–H and O–H groups in total. The molecule has 120 valence electrons. The van der Waals surface area contributed by atoms with Gasteiger partial charge in [0, 0.05) is 37.0 Å². The number of nitrogens with zero attached hydrogens (tertiary/aromatic N) is 1. The summed E-state index contributed by atoms with van der Waals surface area (Å²) in [6.45, 7) is 3.26. The van der Waals surface area contributed by atoms with E-state index in [-0.39, 0.29) is 18.3 Å². The molecule has 0 aromatic carbocycles. The predicted molar refractivity (Wildman–Crippen MR) is 94.0 cm³/mol. The summed E-state index contributed by atoms with van der Waals surface area (Å²) in [7, 11) is 0. The number of nitrogens with two attached hydrogens (primary N) is 1. The summed E-state index contributed by atoms with van der Waals surface area (Å²) in [5, 5.41) is 3.01. The topological polar surface area (TPSA) is 58.4 Å². The van der Waals surface area contributed by atoms with Gasteiger partial charge < -0.3 is 11.1 Å². The summed E-state index contributed by atoms with van der Waals surface area (Å²) < 4.78 is 1.18. The third-order valence-corrected chi connectivity index (χ3v) is 5.25. The second kappa shape index (κ2) is 9.79. The number of hydrogen-bond donors (Lipinski definition) is 2. The van der Waals surface area contributed by atoms with Gasteiger partial charge in [-0.3, -0.25) is 9.69 Å². The van der Waals surface area contributed by atoms with Crippen LogP contribution in [0.2, 0.25) is 0 Å². The Labute approximate surface area is 145 Å². The Hall–Kier alpha value is -0.140. The number of hydrogen-bond acceptors (Lipinski definition) is 4. The number of likely N-dealkylation sites (tertiary alicyclic amines) is 1. The van der Waals surface area contributed by atoms with Gasteiger partial charge in [0.05, 0.1) is 3.79 Å². The largest absolute Gasteiger partial charge is 0.354 e. The first-order valence-electron chi connectivity index (χ1n) is 7.14. The predicted octanol–water partition coefficient (Wildman–Crippen LogP) is 2.75. The zero-order valence-electron chi connectivity index (χ0n) is 12.0. The maximum absolute atomic E-state index is 11.5. The molecular formula is C14H23BrClN3OS. The Balaban J connectivity index is 0.00000220. The minimum absolute atomic E-state index is 0. The number of piperidine rings is 1. The second-order valence-electron chi connectivity index (χ2n) is 5.17. The molecule has 1 saturated heterocycles. The lowest BCUT2D eigenvalue weighted by Crippen LogP contribution is -2.46. The lowest BCUT2D eigenvalue weighted by atomic mass is 10.0. The van der Waals surface area contributed by atoms with Gasteiger partial charge in [-0.15, -0.1) is 23.7 Å². The minimum Gasteiger partial charge on any atom is -0.354 e. The highest BCUT2D eigenvalue weighted by molar-refractivity contribution is 9.11. The molecule has 0 radical (unpaired) electrons. The smallest absolute Gasteiger partial charge is 0.221 e. The molecule has 0 saturated carbocycles. The quantitative estimate of drug-likeness (QED) is 0.777. The van der Waals surface area contributed by atoms with E-state index in [2.05, 4.69) is 38.3 Å². The lowest BCUT2D eigenvalue weighted by molar-refractivity contribution is -0.121. The standard InChI is InChI=1S/C14H22BrN3OS.ClH/c15-13-5-4-12(20-13)10-18-8-2-1-3-11(18)9-17-14(19)6-7-16;/h4-5,11H,1-3,6-10,16H2,(H,17,19);1H. The van der Waals surface area contributed by atoms with Crippen LogP contribution in [-0.4, -0.2) is 36.5 Å². The molecule has 7 heteroatoms. The van der Waals surface area contributed by atoms with Crippen molar-refractivity contribution in [2.45, 2.75) is 38.3 Å². The van der Waals surface area contributed by atoms with Crippen LogP contribution in [0.3, 0.4) is 0 Å². The van der Waals surface area contributed by atoms with E-state index in [9.17, 15) is 4.79 Å². The number of amides is 1. The van der Waals surface area contributed by atoms with Gasteiger partial charge in [0.2, 0.25) is 5.91 Å². The molecule has 1 aliphatic heterocycles. The maximum atomic E-state index is 11.5. The normalized spacial score (nSPS) is 19.0. The fourth-order valence-corrected chi connectivity index (χ4v) is 4.10. The van der Waals surface area contributed by atoms with Gasteiger partial charge >= 0.3 is 0 Å². The van der Waals surface area contributed by atoms with Gasteiger partial charge in [-0.25, -0.2) is 0 Å². The Kier molecular flexibility index (Phi) is 8.82. The van der Waals surface area contributed by atoms with Gasteiger partial charge in [0.15, 0.2) is 0 Å². The Morgan fingerprint density at radius 3 is 2.95 bits per heavy atom. The molecule has 0 aliphatic carbocycles. The molecule has 1 amide bonds. The molecular weight excluding hydrogens is 374 g/mol. The molecule has 0 spiro atoms. The van der Waals surface area contributed by atoms with E-state index in [1.165, 1.54) is 21.5 Å². The molecule has 4 nitrogen and oxygen atoms in total. The molecule has 0 bridgehead atoms. The average molecular weight is 397 g/mol. The summed E-state index contributed by atoms with van der Waals surface area (Å²) >= 11 is 5.30. The van der Waals surface area contributed by atoms with Gasteiger partial charge in [-0.05, 0) is 47.4 Å². The van der Waals surface area contributed by atoms with Crippen LogP contribution in [0.15, 0.2) is 15.9 Å². The summed E-state index contributed by atoms with van der Waals surface area (Å²) in [4.78, 5) is 15.4. The fourth-order valence-electron chi connectivity index (χ4n) is 2.59. The van der Waals surface area contributed by atoms with E-state index < -0.39 is 0 Å². The maximum Gasteiger partial charge on any atom is 0.221 e. The molecule has 21 heavy (non-hydrogen) atoms. The van der Waals surface area contributed by atoms with Gasteiger partial charge in [0.1, 0.15) is 0 Å². The highest BCUT2D eigenvalue weighted by atomic mass is 79.9. The Morgan fingerprint density at radius 2 is 2.29 bits per heavy atom. The van der Waals surface area contributed by atoms with Crippen LogP contribution >= 0.6 is 39.7 Å². The van der Waals surface area contributed by atoms with Crippen molar-refractivity contribution in [1.82, 2.24) is 10.2 Å². The van der Waals surface area contributed by atoms with Crippen molar-refractivity contribution in [2.75, 3.05) is 19.6 Å². The molecule has 2 heterocycles. The van der Waals surface area contributed by atoms with Crippen molar-refractivity contribution >= 4 is 45.6 Å². The monoisotopic (exact) mass is 395 g/mol. The number of halogens is 2. The molecule has 1 aliphatic rings. The molecule has 1 fully saturated rings. The van der Waals surface area contributed by atoms with E-state index in [0.29, 0.717) is 19.0 Å². The molecule has 1 aromatic heterocycles. The number of thiophene rings is 1. The zero-order valence-corrected chi connectivity index (χ0v) is 15.2. The number of carbonyl (C=O) groups excluding carboxylic acids is 1. The van der Waals surface area contributed by atoms with Gasteiger partial charge in [-0.2, -0.15) is 0 Å². The first-order chi connectivity index (χ1) is 9.69. The summed E-state index contributed by atoms with van der Waals surface area (Å²) in [5.74, 6) is 0.0666. The SMILES string of the molecule is Cl.NCCC(=O)NCC1CCCCN1Cc1ccc(Br)s1. The lowest BCUT2D eigenvalue weighted by Gasteiger charge is -2.35. The van der Waals surface area contributed by atoms with Crippen LogP contribution in [-0.2, 0) is 11.3 Å². The first-order valence-corrected chi connectivity index (χ1v) is 8.75. The van der Waals surface area contributed by atoms with Crippen LogP contribution < -0.4 is 11.1 Å². The number of nitrogens with one attached hydrogen (secondary N) is 1.